The minimum atomic E-state index is -3.38. The summed E-state index contributed by atoms with van der Waals surface area (Å²) >= 11 is 6.04. The number of aryl methyl sites for hydroxylation is 1. The van der Waals surface area contributed by atoms with Crippen molar-refractivity contribution in [3.05, 3.63) is 28.8 Å². The van der Waals surface area contributed by atoms with Crippen molar-refractivity contribution in [2.45, 2.75) is 32.2 Å². The van der Waals surface area contributed by atoms with Crippen LogP contribution in [0.3, 0.4) is 0 Å². The van der Waals surface area contributed by atoms with Crippen molar-refractivity contribution in [2.75, 3.05) is 17.0 Å². The molecule has 6 heteroatoms. The van der Waals surface area contributed by atoms with Gasteiger partial charge >= 0.3 is 0 Å². The largest absolute Gasteiger partial charge is 0.313 e. The SMILES string of the molecule is Cc1cccc(Cl)c1NS(=O)(=O)CC1CCCCN1. The standard InChI is InChI=1S/C13H19ClN2O2S/c1-10-5-4-7-12(14)13(10)16-19(17,18)9-11-6-2-3-8-15-11/h4-5,7,11,15-16H,2-3,6,8-9H2,1H3. The van der Waals surface area contributed by atoms with Crippen LogP contribution < -0.4 is 10.0 Å². The van der Waals surface area contributed by atoms with Gasteiger partial charge in [-0.2, -0.15) is 0 Å². The molecule has 0 saturated carbocycles. The van der Waals surface area contributed by atoms with Crippen molar-refractivity contribution >= 4 is 27.3 Å². The molecule has 1 saturated heterocycles. The molecule has 1 aliphatic rings. The lowest BCUT2D eigenvalue weighted by Gasteiger charge is -2.23. The zero-order chi connectivity index (χ0) is 13.9. The van der Waals surface area contributed by atoms with Crippen LogP contribution in [0, 0.1) is 6.92 Å². The number of hydrogen-bond acceptors (Lipinski definition) is 3. The second kappa shape index (κ2) is 6.11. The maximum atomic E-state index is 12.2. The van der Waals surface area contributed by atoms with Gasteiger partial charge in [0.1, 0.15) is 0 Å². The smallest absolute Gasteiger partial charge is 0.234 e. The molecule has 19 heavy (non-hydrogen) atoms. The number of sulfonamides is 1. The Bertz CT molecular complexity index is 519. The van der Waals surface area contributed by atoms with Crippen LogP contribution in [0.4, 0.5) is 5.69 Å². The summed E-state index contributed by atoms with van der Waals surface area (Å²) in [5.74, 6) is 0.0949. The Kier molecular flexibility index (Phi) is 4.71. The maximum absolute atomic E-state index is 12.2. The van der Waals surface area contributed by atoms with Crippen molar-refractivity contribution in [2.24, 2.45) is 0 Å². The van der Waals surface area contributed by atoms with E-state index in [0.717, 1.165) is 31.4 Å². The van der Waals surface area contributed by atoms with Gasteiger partial charge in [0, 0.05) is 6.04 Å². The fourth-order valence-electron chi connectivity index (χ4n) is 2.29. The third kappa shape index (κ3) is 4.09. The number of benzene rings is 1. The second-order valence-corrected chi connectivity index (χ2v) is 7.14. The van der Waals surface area contributed by atoms with Gasteiger partial charge < -0.3 is 5.32 Å². The Morgan fingerprint density at radius 1 is 1.42 bits per heavy atom. The number of piperidine rings is 1. The van der Waals surface area contributed by atoms with Gasteiger partial charge in [0.15, 0.2) is 0 Å². The minimum absolute atomic E-state index is 0.0362. The molecule has 0 bridgehead atoms. The number of rotatable bonds is 4. The van der Waals surface area contributed by atoms with Gasteiger partial charge in [-0.15, -0.1) is 0 Å². The van der Waals surface area contributed by atoms with Crippen LogP contribution in [-0.2, 0) is 10.0 Å². The summed E-state index contributed by atoms with van der Waals surface area (Å²) in [7, 11) is -3.38. The summed E-state index contributed by atoms with van der Waals surface area (Å²) < 4.78 is 26.9. The van der Waals surface area contributed by atoms with Gasteiger partial charge in [-0.3, -0.25) is 4.72 Å². The molecule has 1 aromatic carbocycles. The highest BCUT2D eigenvalue weighted by Gasteiger charge is 2.22. The first kappa shape index (κ1) is 14.6. The lowest BCUT2D eigenvalue weighted by molar-refractivity contribution is 0.424. The molecule has 0 aromatic heterocycles. The van der Waals surface area contributed by atoms with Crippen molar-refractivity contribution < 1.29 is 8.42 Å². The highest BCUT2D eigenvalue weighted by atomic mass is 35.5. The third-order valence-electron chi connectivity index (χ3n) is 3.31. The van der Waals surface area contributed by atoms with Crippen LogP contribution in [0.15, 0.2) is 18.2 Å². The molecule has 1 aliphatic heterocycles. The van der Waals surface area contributed by atoms with Gasteiger partial charge in [-0.25, -0.2) is 8.42 Å². The molecule has 2 rings (SSSR count). The molecule has 1 fully saturated rings. The van der Waals surface area contributed by atoms with E-state index in [1.165, 1.54) is 0 Å². The monoisotopic (exact) mass is 302 g/mol. The number of halogens is 1. The van der Waals surface area contributed by atoms with Crippen LogP contribution in [0.5, 0.6) is 0 Å². The van der Waals surface area contributed by atoms with Gasteiger partial charge in [0.2, 0.25) is 10.0 Å². The Morgan fingerprint density at radius 2 is 2.21 bits per heavy atom. The molecule has 0 amide bonds. The summed E-state index contributed by atoms with van der Waals surface area (Å²) in [4.78, 5) is 0. The summed E-state index contributed by atoms with van der Waals surface area (Å²) in [6.45, 7) is 2.73. The van der Waals surface area contributed by atoms with Gasteiger partial charge in [0.05, 0.1) is 16.5 Å². The first-order chi connectivity index (χ1) is 8.98. The van der Waals surface area contributed by atoms with Gasteiger partial charge in [-0.05, 0) is 37.9 Å². The van der Waals surface area contributed by atoms with Gasteiger partial charge in [-0.1, -0.05) is 30.2 Å². The van der Waals surface area contributed by atoms with E-state index < -0.39 is 10.0 Å². The normalized spacial score (nSPS) is 20.2. The summed E-state index contributed by atoms with van der Waals surface area (Å²) in [5, 5.41) is 3.67. The summed E-state index contributed by atoms with van der Waals surface area (Å²) in [5.41, 5.74) is 1.31. The number of para-hydroxylation sites is 1. The average Bonchev–Trinajstić information content (AvgIpc) is 2.35. The lowest BCUT2D eigenvalue weighted by atomic mass is 10.1. The molecule has 1 atom stereocenters. The van der Waals surface area contributed by atoms with E-state index in [2.05, 4.69) is 10.0 Å². The molecule has 1 aromatic rings. The topological polar surface area (TPSA) is 58.2 Å². The van der Waals surface area contributed by atoms with E-state index in [1.807, 2.05) is 13.0 Å². The minimum Gasteiger partial charge on any atom is -0.313 e. The Labute approximate surface area is 119 Å². The van der Waals surface area contributed by atoms with E-state index in [4.69, 9.17) is 11.6 Å². The van der Waals surface area contributed by atoms with E-state index in [9.17, 15) is 8.42 Å². The molecule has 2 N–H and O–H groups in total. The molecule has 106 valence electrons. The summed E-state index contributed by atoms with van der Waals surface area (Å²) in [6, 6.07) is 5.36. The molecule has 0 radical (unpaired) electrons. The Hall–Kier alpha value is -0.780. The Morgan fingerprint density at radius 3 is 2.84 bits per heavy atom. The first-order valence-corrected chi connectivity index (χ1v) is 8.50. The second-order valence-electron chi connectivity index (χ2n) is 4.96. The number of nitrogens with one attached hydrogen (secondary N) is 2. The van der Waals surface area contributed by atoms with Crippen LogP contribution in [0.2, 0.25) is 5.02 Å². The van der Waals surface area contributed by atoms with E-state index >= 15 is 0 Å². The highest BCUT2D eigenvalue weighted by molar-refractivity contribution is 7.92. The molecule has 4 nitrogen and oxygen atoms in total. The molecule has 1 unspecified atom stereocenters. The first-order valence-electron chi connectivity index (χ1n) is 6.47. The predicted molar refractivity (Wildman–Crippen MR) is 79.2 cm³/mol. The van der Waals surface area contributed by atoms with Crippen molar-refractivity contribution in [3.63, 3.8) is 0 Å². The number of hydrogen-bond donors (Lipinski definition) is 2. The molecule has 0 spiro atoms. The molecular weight excluding hydrogens is 284 g/mol. The fraction of sp³-hybridized carbons (Fsp3) is 0.538. The van der Waals surface area contributed by atoms with Crippen LogP contribution >= 0.6 is 11.6 Å². The van der Waals surface area contributed by atoms with E-state index in [1.54, 1.807) is 12.1 Å². The third-order valence-corrected chi connectivity index (χ3v) is 4.98. The van der Waals surface area contributed by atoms with Crippen LogP contribution in [0.1, 0.15) is 24.8 Å². The predicted octanol–water partition coefficient (Wildman–Crippen LogP) is 2.53. The molecular formula is C13H19ClN2O2S. The maximum Gasteiger partial charge on any atom is 0.234 e. The lowest BCUT2D eigenvalue weighted by Crippen LogP contribution is -2.40. The van der Waals surface area contributed by atoms with E-state index in [-0.39, 0.29) is 11.8 Å². The van der Waals surface area contributed by atoms with Crippen molar-refractivity contribution in [1.29, 1.82) is 0 Å². The zero-order valence-corrected chi connectivity index (χ0v) is 12.5. The fourth-order valence-corrected chi connectivity index (χ4v) is 4.09. The Balaban J connectivity index is 2.08. The highest BCUT2D eigenvalue weighted by Crippen LogP contribution is 2.26. The van der Waals surface area contributed by atoms with Crippen LogP contribution in [0.25, 0.3) is 0 Å². The van der Waals surface area contributed by atoms with Crippen molar-refractivity contribution in [1.82, 2.24) is 5.32 Å². The van der Waals surface area contributed by atoms with Crippen molar-refractivity contribution in [3.8, 4) is 0 Å². The van der Waals surface area contributed by atoms with Crippen LogP contribution in [-0.4, -0.2) is 26.8 Å². The number of anilines is 1. The summed E-state index contributed by atoms with van der Waals surface area (Å²) in [6.07, 6.45) is 3.11. The average molecular weight is 303 g/mol. The zero-order valence-electron chi connectivity index (χ0n) is 10.9. The van der Waals surface area contributed by atoms with Gasteiger partial charge in [0.25, 0.3) is 0 Å². The quantitative estimate of drug-likeness (QED) is 0.898. The molecule has 0 aliphatic carbocycles. The van der Waals surface area contributed by atoms with E-state index in [0.29, 0.717) is 10.7 Å². The molecule has 1 heterocycles.